The molecule has 100 valence electrons. The van der Waals surface area contributed by atoms with Gasteiger partial charge in [0.05, 0.1) is 16.8 Å². The predicted molar refractivity (Wildman–Crippen MR) is 75.7 cm³/mol. The third-order valence-electron chi connectivity index (χ3n) is 3.00. The highest BCUT2D eigenvalue weighted by molar-refractivity contribution is 6.38. The summed E-state index contributed by atoms with van der Waals surface area (Å²) < 4.78 is 0. The Morgan fingerprint density at radius 1 is 0.950 bits per heavy atom. The largest absolute Gasteiger partial charge is 0.507 e. The Morgan fingerprint density at radius 2 is 1.60 bits per heavy atom. The molecule has 0 atom stereocenters. The number of phenolic OH excluding ortho intramolecular Hbond substituents is 1. The number of rotatable bonds is 1. The van der Waals surface area contributed by atoms with Crippen LogP contribution in [0.4, 0.5) is 5.69 Å². The Hall–Kier alpha value is -2.04. The van der Waals surface area contributed by atoms with Crippen molar-refractivity contribution in [1.29, 1.82) is 0 Å². The molecule has 0 saturated carbocycles. The molecule has 0 aromatic heterocycles. The van der Waals surface area contributed by atoms with Crippen LogP contribution in [0.15, 0.2) is 36.4 Å². The van der Waals surface area contributed by atoms with E-state index in [0.29, 0.717) is 10.0 Å². The second kappa shape index (κ2) is 4.51. The van der Waals surface area contributed by atoms with Gasteiger partial charge in [0, 0.05) is 10.0 Å². The van der Waals surface area contributed by atoms with Gasteiger partial charge in [-0.25, -0.2) is 4.90 Å². The molecule has 1 N–H and O–H groups in total. The maximum Gasteiger partial charge on any atom is 0.269 e. The number of aromatic hydroxyl groups is 1. The number of carbonyl (C=O) groups excluding carboxylic acids is 2. The van der Waals surface area contributed by atoms with Gasteiger partial charge < -0.3 is 5.11 Å². The average molecular weight is 308 g/mol. The van der Waals surface area contributed by atoms with Crippen LogP contribution >= 0.6 is 23.2 Å². The van der Waals surface area contributed by atoms with Crippen LogP contribution in [0.2, 0.25) is 10.0 Å². The molecule has 0 saturated heterocycles. The van der Waals surface area contributed by atoms with Crippen molar-refractivity contribution in [3.63, 3.8) is 0 Å². The van der Waals surface area contributed by atoms with Gasteiger partial charge in [0.2, 0.25) is 0 Å². The van der Waals surface area contributed by atoms with Gasteiger partial charge in [-0.3, -0.25) is 9.59 Å². The minimum atomic E-state index is -0.596. The van der Waals surface area contributed by atoms with Gasteiger partial charge >= 0.3 is 0 Å². The molecular formula is C14H7Cl2NO3. The van der Waals surface area contributed by atoms with Crippen molar-refractivity contribution < 1.29 is 14.7 Å². The first-order valence-corrected chi connectivity index (χ1v) is 6.41. The number of amides is 2. The highest BCUT2D eigenvalue weighted by Gasteiger charge is 2.38. The number of phenols is 1. The number of fused-ring (bicyclic) bond motifs is 1. The molecule has 1 aliphatic heterocycles. The summed E-state index contributed by atoms with van der Waals surface area (Å²) in [5.41, 5.74) is 0.424. The smallest absolute Gasteiger partial charge is 0.269 e. The maximum absolute atomic E-state index is 12.3. The number of hydrogen-bond acceptors (Lipinski definition) is 3. The standard InChI is InChI=1S/C14H7Cl2NO3/c15-7-4-8(16)6-9(5-7)17-13(19)10-2-1-3-11(18)12(10)14(17)20/h1-6,18H. The number of nitrogens with zero attached hydrogens (tertiary/aromatic N) is 1. The highest BCUT2D eigenvalue weighted by Crippen LogP contribution is 2.35. The normalized spacial score (nSPS) is 13.8. The Bertz CT molecular complexity index is 738. The van der Waals surface area contributed by atoms with E-state index in [9.17, 15) is 14.7 Å². The fraction of sp³-hybridized carbons (Fsp3) is 0. The molecule has 6 heteroatoms. The van der Waals surface area contributed by atoms with Gasteiger partial charge in [0.25, 0.3) is 11.8 Å². The number of hydrogen-bond donors (Lipinski definition) is 1. The zero-order chi connectivity index (χ0) is 14.4. The van der Waals surface area contributed by atoms with E-state index in [0.717, 1.165) is 4.90 Å². The summed E-state index contributed by atoms with van der Waals surface area (Å²) in [6.45, 7) is 0. The van der Waals surface area contributed by atoms with Gasteiger partial charge in [-0.05, 0) is 30.3 Å². The summed E-state index contributed by atoms with van der Waals surface area (Å²) in [7, 11) is 0. The van der Waals surface area contributed by atoms with Crippen LogP contribution in [0.25, 0.3) is 0 Å². The number of benzene rings is 2. The van der Waals surface area contributed by atoms with E-state index in [2.05, 4.69) is 0 Å². The molecule has 0 aliphatic carbocycles. The van der Waals surface area contributed by atoms with Gasteiger partial charge in [-0.1, -0.05) is 29.3 Å². The summed E-state index contributed by atoms with van der Waals surface area (Å²) >= 11 is 11.8. The van der Waals surface area contributed by atoms with Crippen molar-refractivity contribution in [1.82, 2.24) is 0 Å². The molecule has 0 unspecified atom stereocenters. The van der Waals surface area contributed by atoms with Crippen LogP contribution in [0.5, 0.6) is 5.75 Å². The monoisotopic (exact) mass is 307 g/mol. The Labute approximate surface area is 124 Å². The quantitative estimate of drug-likeness (QED) is 0.820. The lowest BCUT2D eigenvalue weighted by Crippen LogP contribution is -2.29. The SMILES string of the molecule is O=C1c2cccc(O)c2C(=O)N1c1cc(Cl)cc(Cl)c1. The fourth-order valence-electron chi connectivity index (χ4n) is 2.17. The van der Waals surface area contributed by atoms with E-state index >= 15 is 0 Å². The van der Waals surface area contributed by atoms with Crippen LogP contribution in [0.3, 0.4) is 0 Å². The van der Waals surface area contributed by atoms with Crippen LogP contribution in [0, 0.1) is 0 Å². The third-order valence-corrected chi connectivity index (χ3v) is 3.43. The minimum Gasteiger partial charge on any atom is -0.507 e. The van der Waals surface area contributed by atoms with Gasteiger partial charge in [-0.2, -0.15) is 0 Å². The van der Waals surface area contributed by atoms with Crippen molar-refractivity contribution in [2.24, 2.45) is 0 Å². The van der Waals surface area contributed by atoms with Crippen molar-refractivity contribution in [3.05, 3.63) is 57.6 Å². The van der Waals surface area contributed by atoms with Crippen molar-refractivity contribution in [2.75, 3.05) is 4.90 Å². The summed E-state index contributed by atoms with van der Waals surface area (Å²) in [6, 6.07) is 8.79. The second-order valence-electron chi connectivity index (χ2n) is 4.27. The highest BCUT2D eigenvalue weighted by atomic mass is 35.5. The molecule has 3 rings (SSSR count). The van der Waals surface area contributed by atoms with Gasteiger partial charge in [0.1, 0.15) is 5.75 Å². The van der Waals surface area contributed by atoms with Crippen molar-refractivity contribution >= 4 is 40.7 Å². The zero-order valence-electron chi connectivity index (χ0n) is 9.93. The lowest BCUT2D eigenvalue weighted by molar-refractivity contribution is 0.0925. The van der Waals surface area contributed by atoms with E-state index in [1.54, 1.807) is 0 Å². The van der Waals surface area contributed by atoms with Crippen LogP contribution < -0.4 is 4.90 Å². The molecule has 20 heavy (non-hydrogen) atoms. The van der Waals surface area contributed by atoms with Crippen LogP contribution in [0.1, 0.15) is 20.7 Å². The fourth-order valence-corrected chi connectivity index (χ4v) is 2.69. The maximum atomic E-state index is 12.3. The molecule has 1 heterocycles. The Kier molecular flexibility index (Phi) is 2.92. The van der Waals surface area contributed by atoms with Gasteiger partial charge in [0.15, 0.2) is 0 Å². The van der Waals surface area contributed by atoms with Gasteiger partial charge in [-0.15, -0.1) is 0 Å². The first-order chi connectivity index (χ1) is 9.49. The molecule has 0 spiro atoms. The number of imide groups is 1. The van der Waals surface area contributed by atoms with E-state index < -0.39 is 11.8 Å². The van der Waals surface area contributed by atoms with Crippen LogP contribution in [-0.4, -0.2) is 16.9 Å². The predicted octanol–water partition coefficient (Wildman–Crippen LogP) is 3.50. The second-order valence-corrected chi connectivity index (χ2v) is 5.15. The number of halogens is 2. The first-order valence-electron chi connectivity index (χ1n) is 5.66. The van der Waals surface area contributed by atoms with Crippen molar-refractivity contribution in [3.8, 4) is 5.75 Å². The van der Waals surface area contributed by atoms with E-state index in [1.807, 2.05) is 0 Å². The number of carbonyl (C=O) groups is 2. The van der Waals surface area contributed by atoms with Crippen molar-refractivity contribution in [2.45, 2.75) is 0 Å². The van der Waals surface area contributed by atoms with Crippen LogP contribution in [-0.2, 0) is 0 Å². The third kappa shape index (κ3) is 1.85. The molecule has 0 bridgehead atoms. The zero-order valence-corrected chi connectivity index (χ0v) is 11.4. The minimum absolute atomic E-state index is 0.00593. The molecular weight excluding hydrogens is 301 g/mol. The summed E-state index contributed by atoms with van der Waals surface area (Å²) in [5, 5.41) is 10.4. The molecule has 1 aliphatic rings. The number of anilines is 1. The molecule has 2 amide bonds. The molecule has 0 radical (unpaired) electrons. The van der Waals surface area contributed by atoms with E-state index in [4.69, 9.17) is 23.2 Å². The lowest BCUT2D eigenvalue weighted by atomic mass is 10.1. The summed E-state index contributed by atoms with van der Waals surface area (Å²) in [5.74, 6) is -1.34. The molecule has 2 aromatic rings. The first kappa shape index (κ1) is 13.0. The Balaban J connectivity index is 2.17. The van der Waals surface area contributed by atoms with E-state index in [1.165, 1.54) is 36.4 Å². The molecule has 0 fully saturated rings. The lowest BCUT2D eigenvalue weighted by Gasteiger charge is -2.14. The van der Waals surface area contributed by atoms with E-state index in [-0.39, 0.29) is 22.6 Å². The molecule has 2 aromatic carbocycles. The molecule has 4 nitrogen and oxygen atoms in total. The summed E-state index contributed by atoms with van der Waals surface area (Å²) in [4.78, 5) is 25.5. The summed E-state index contributed by atoms with van der Waals surface area (Å²) in [6.07, 6.45) is 0. The Morgan fingerprint density at radius 3 is 2.20 bits per heavy atom. The average Bonchev–Trinajstić information content (AvgIpc) is 2.61. The topological polar surface area (TPSA) is 57.6 Å².